The number of benzene rings is 1. The third-order valence-corrected chi connectivity index (χ3v) is 3.14. The summed E-state index contributed by atoms with van der Waals surface area (Å²) in [4.78, 5) is 48.5. The van der Waals surface area contributed by atoms with E-state index in [4.69, 9.17) is 9.47 Å². The molecule has 1 aromatic carbocycles. The number of rotatable bonds is 5. The summed E-state index contributed by atoms with van der Waals surface area (Å²) in [5.74, 6) is -4.10. The van der Waals surface area contributed by atoms with Gasteiger partial charge >= 0.3 is 17.9 Å². The number of carbonyl (C=O) groups is 3. The van der Waals surface area contributed by atoms with Crippen LogP contribution in [-0.4, -0.2) is 36.2 Å². The summed E-state index contributed by atoms with van der Waals surface area (Å²) in [6.45, 7) is 9.84. The van der Waals surface area contributed by atoms with Gasteiger partial charge in [-0.3, -0.25) is 9.59 Å². The fraction of sp³-hybridized carbons (Fsp3) is 0.526. The summed E-state index contributed by atoms with van der Waals surface area (Å²) < 4.78 is 15.3. The zero-order valence-electron chi connectivity index (χ0n) is 16.6. The number of esters is 3. The molecule has 1 aromatic rings. The fourth-order valence-corrected chi connectivity index (χ4v) is 2.19. The van der Waals surface area contributed by atoms with Crippen LogP contribution in [0.15, 0.2) is 23.4 Å². The number of hydrogen-bond acceptors (Lipinski definition) is 8. The molecule has 0 fully saturated rings. The molecule has 0 bridgehead atoms. The standard InChI is InChI=1S/C19H25NO7/c1-18(2,3)26-16(22)14(17(23)27-19(4,5)6)12-10-11(15(21)25-7)8-9-13(12)20-24/h8-10,14H,1-7H3. The topological polar surface area (TPSA) is 108 Å². The molecule has 0 saturated heterocycles. The second kappa shape index (κ2) is 8.28. The van der Waals surface area contributed by atoms with E-state index in [0.717, 1.165) is 0 Å². The number of ether oxygens (including phenoxy) is 3. The van der Waals surface area contributed by atoms with Crippen molar-refractivity contribution in [1.29, 1.82) is 0 Å². The second-order valence-electron chi connectivity index (χ2n) is 7.86. The predicted molar refractivity (Wildman–Crippen MR) is 97.7 cm³/mol. The Morgan fingerprint density at radius 1 is 0.926 bits per heavy atom. The van der Waals surface area contributed by atoms with E-state index in [1.165, 1.54) is 25.3 Å². The highest BCUT2D eigenvalue weighted by Crippen LogP contribution is 2.32. The van der Waals surface area contributed by atoms with Crippen LogP contribution in [0.5, 0.6) is 0 Å². The van der Waals surface area contributed by atoms with Crippen LogP contribution in [0, 0.1) is 4.91 Å². The molecule has 0 saturated carbocycles. The van der Waals surface area contributed by atoms with Crippen LogP contribution in [0.2, 0.25) is 0 Å². The Labute approximate surface area is 158 Å². The van der Waals surface area contributed by atoms with E-state index in [0.29, 0.717) is 0 Å². The summed E-state index contributed by atoms with van der Waals surface area (Å²) in [5, 5.41) is 2.86. The minimum atomic E-state index is -1.58. The van der Waals surface area contributed by atoms with Gasteiger partial charge in [-0.2, -0.15) is 0 Å². The summed E-state index contributed by atoms with van der Waals surface area (Å²) in [7, 11) is 1.19. The molecule has 0 aliphatic carbocycles. The lowest BCUT2D eigenvalue weighted by Crippen LogP contribution is -2.35. The normalized spacial score (nSPS) is 11.7. The highest BCUT2D eigenvalue weighted by Gasteiger charge is 2.38. The maximum atomic E-state index is 12.7. The van der Waals surface area contributed by atoms with Gasteiger partial charge in [-0.1, -0.05) is 0 Å². The summed E-state index contributed by atoms with van der Waals surface area (Å²) >= 11 is 0. The van der Waals surface area contributed by atoms with Crippen molar-refractivity contribution in [1.82, 2.24) is 0 Å². The molecule has 27 heavy (non-hydrogen) atoms. The van der Waals surface area contributed by atoms with E-state index in [1.807, 2.05) is 0 Å². The molecule has 0 atom stereocenters. The average Bonchev–Trinajstić information content (AvgIpc) is 2.50. The maximum Gasteiger partial charge on any atom is 0.337 e. The van der Waals surface area contributed by atoms with Crippen molar-refractivity contribution in [2.24, 2.45) is 5.18 Å². The van der Waals surface area contributed by atoms with E-state index in [-0.39, 0.29) is 16.8 Å². The van der Waals surface area contributed by atoms with Crippen molar-refractivity contribution in [3.63, 3.8) is 0 Å². The molecule has 0 aromatic heterocycles. The van der Waals surface area contributed by atoms with E-state index >= 15 is 0 Å². The van der Waals surface area contributed by atoms with Gasteiger partial charge < -0.3 is 14.2 Å². The molecule has 0 N–H and O–H groups in total. The molecule has 0 heterocycles. The lowest BCUT2D eigenvalue weighted by molar-refractivity contribution is -0.169. The highest BCUT2D eigenvalue weighted by molar-refractivity contribution is 6.03. The molecule has 0 aliphatic rings. The minimum absolute atomic E-state index is 0.0528. The zero-order valence-corrected chi connectivity index (χ0v) is 16.6. The van der Waals surface area contributed by atoms with Crippen LogP contribution < -0.4 is 0 Å². The average molecular weight is 379 g/mol. The molecule has 1 rings (SSSR count). The summed E-state index contributed by atoms with van der Waals surface area (Å²) in [5.41, 5.74) is -1.98. The number of carbonyl (C=O) groups excluding carboxylic acids is 3. The number of nitrogens with zero attached hydrogens (tertiary/aromatic N) is 1. The Morgan fingerprint density at radius 2 is 1.41 bits per heavy atom. The molecule has 0 radical (unpaired) electrons. The molecular formula is C19H25NO7. The van der Waals surface area contributed by atoms with Crippen LogP contribution in [0.3, 0.4) is 0 Å². The Bertz CT molecular complexity index is 713. The van der Waals surface area contributed by atoms with Crippen molar-refractivity contribution in [2.75, 3.05) is 7.11 Å². The molecule has 148 valence electrons. The molecule has 8 nitrogen and oxygen atoms in total. The van der Waals surface area contributed by atoms with Gasteiger partial charge in [0, 0.05) is 5.56 Å². The number of methoxy groups -OCH3 is 1. The fourth-order valence-electron chi connectivity index (χ4n) is 2.19. The molecule has 0 aliphatic heterocycles. The Kier molecular flexibility index (Phi) is 6.83. The third kappa shape index (κ3) is 6.47. The molecule has 0 unspecified atom stereocenters. The van der Waals surface area contributed by atoms with Gasteiger partial charge in [-0.25, -0.2) is 4.79 Å². The Hall–Kier alpha value is -2.77. The lowest BCUT2D eigenvalue weighted by atomic mass is 9.94. The van der Waals surface area contributed by atoms with E-state index in [2.05, 4.69) is 9.91 Å². The third-order valence-electron chi connectivity index (χ3n) is 3.14. The number of hydrogen-bond donors (Lipinski definition) is 0. The SMILES string of the molecule is COC(=O)c1ccc(N=O)c(C(C(=O)OC(C)(C)C)C(=O)OC(C)(C)C)c1. The van der Waals surface area contributed by atoms with Crippen molar-refractivity contribution in [3.05, 3.63) is 34.2 Å². The number of nitroso groups, excluding NO2 is 1. The van der Waals surface area contributed by atoms with Gasteiger partial charge in [0.05, 0.1) is 12.7 Å². The van der Waals surface area contributed by atoms with Crippen LogP contribution in [0.4, 0.5) is 5.69 Å². The van der Waals surface area contributed by atoms with Gasteiger partial charge in [0.1, 0.15) is 16.9 Å². The summed E-state index contributed by atoms with van der Waals surface area (Å²) in [6, 6.07) is 3.75. The van der Waals surface area contributed by atoms with Gasteiger partial charge in [0.15, 0.2) is 5.92 Å². The van der Waals surface area contributed by atoms with Gasteiger partial charge in [-0.05, 0) is 64.9 Å². The lowest BCUT2D eigenvalue weighted by Gasteiger charge is -2.26. The molecule has 0 amide bonds. The Balaban J connectivity index is 3.53. The Morgan fingerprint density at radius 3 is 1.78 bits per heavy atom. The van der Waals surface area contributed by atoms with Crippen molar-refractivity contribution in [2.45, 2.75) is 58.7 Å². The smallest absolute Gasteiger partial charge is 0.337 e. The monoisotopic (exact) mass is 379 g/mol. The van der Waals surface area contributed by atoms with Crippen LogP contribution in [-0.2, 0) is 23.8 Å². The van der Waals surface area contributed by atoms with Crippen molar-refractivity contribution < 1.29 is 28.6 Å². The van der Waals surface area contributed by atoms with Gasteiger partial charge in [-0.15, -0.1) is 4.91 Å². The van der Waals surface area contributed by atoms with Gasteiger partial charge in [0.25, 0.3) is 0 Å². The van der Waals surface area contributed by atoms with Crippen molar-refractivity contribution >= 4 is 23.6 Å². The van der Waals surface area contributed by atoms with Crippen LogP contribution >= 0.6 is 0 Å². The maximum absolute atomic E-state index is 12.7. The molecule has 0 spiro atoms. The zero-order chi connectivity index (χ0) is 21.0. The first-order valence-electron chi connectivity index (χ1n) is 8.30. The summed E-state index contributed by atoms with van der Waals surface area (Å²) in [6.07, 6.45) is 0. The van der Waals surface area contributed by atoms with E-state index < -0.39 is 35.0 Å². The van der Waals surface area contributed by atoms with Gasteiger partial charge in [0.2, 0.25) is 0 Å². The predicted octanol–water partition coefficient (Wildman–Crippen LogP) is 3.64. The van der Waals surface area contributed by atoms with Crippen molar-refractivity contribution in [3.8, 4) is 0 Å². The van der Waals surface area contributed by atoms with Crippen LogP contribution in [0.25, 0.3) is 0 Å². The van der Waals surface area contributed by atoms with E-state index in [1.54, 1.807) is 41.5 Å². The van der Waals surface area contributed by atoms with Crippen LogP contribution in [0.1, 0.15) is 63.4 Å². The second-order valence-corrected chi connectivity index (χ2v) is 7.86. The van der Waals surface area contributed by atoms with E-state index in [9.17, 15) is 19.3 Å². The molecule has 8 heteroatoms. The highest BCUT2D eigenvalue weighted by atomic mass is 16.6. The quantitative estimate of drug-likeness (QED) is 0.332. The first-order chi connectivity index (χ1) is 12.3. The largest absolute Gasteiger partial charge is 0.465 e. The molecular weight excluding hydrogens is 354 g/mol. The first-order valence-corrected chi connectivity index (χ1v) is 8.30. The minimum Gasteiger partial charge on any atom is -0.465 e. The first kappa shape index (κ1) is 22.3.